The largest absolute Gasteiger partial charge is 0.478 e. The van der Waals surface area contributed by atoms with Gasteiger partial charge in [-0.15, -0.1) is 0 Å². The number of carboxylic acid groups (broad SMARTS) is 1. The predicted octanol–water partition coefficient (Wildman–Crippen LogP) is 2.33. The van der Waals surface area contributed by atoms with Gasteiger partial charge in [0.25, 0.3) is 0 Å². The maximum Gasteiger partial charge on any atom is 0.339 e. The molecule has 0 saturated carbocycles. The van der Waals surface area contributed by atoms with Crippen LogP contribution in [0.1, 0.15) is 42.7 Å². The summed E-state index contributed by atoms with van der Waals surface area (Å²) < 4.78 is 0. The average Bonchev–Trinajstić information content (AvgIpc) is 2.30. The van der Waals surface area contributed by atoms with E-state index in [4.69, 9.17) is 5.11 Å². The van der Waals surface area contributed by atoms with E-state index >= 15 is 0 Å². The SMILES string of the molecule is CCC(CC)CNc1ncc(C(=O)O)c(C)n1. The van der Waals surface area contributed by atoms with E-state index in [9.17, 15) is 4.79 Å². The molecule has 0 aliphatic carbocycles. The van der Waals surface area contributed by atoms with Crippen molar-refractivity contribution < 1.29 is 9.90 Å². The van der Waals surface area contributed by atoms with Crippen molar-refractivity contribution in [2.24, 2.45) is 5.92 Å². The number of aromatic nitrogens is 2. The first-order valence-corrected chi connectivity index (χ1v) is 5.89. The van der Waals surface area contributed by atoms with Crippen LogP contribution in [-0.2, 0) is 0 Å². The lowest BCUT2D eigenvalue weighted by molar-refractivity contribution is 0.0695. The van der Waals surface area contributed by atoms with Crippen LogP contribution in [0.25, 0.3) is 0 Å². The molecule has 1 aromatic heterocycles. The number of rotatable bonds is 6. The molecule has 0 unspecified atom stereocenters. The summed E-state index contributed by atoms with van der Waals surface area (Å²) in [6.07, 6.45) is 3.56. The summed E-state index contributed by atoms with van der Waals surface area (Å²) in [6.45, 7) is 6.79. The van der Waals surface area contributed by atoms with Crippen molar-refractivity contribution in [1.82, 2.24) is 9.97 Å². The van der Waals surface area contributed by atoms with Crippen molar-refractivity contribution >= 4 is 11.9 Å². The summed E-state index contributed by atoms with van der Waals surface area (Å²) >= 11 is 0. The fourth-order valence-electron chi connectivity index (χ4n) is 1.58. The second kappa shape index (κ2) is 6.18. The zero-order valence-corrected chi connectivity index (χ0v) is 10.5. The molecule has 1 rings (SSSR count). The van der Waals surface area contributed by atoms with Gasteiger partial charge in [-0.1, -0.05) is 26.7 Å². The van der Waals surface area contributed by atoms with E-state index in [0.717, 1.165) is 19.4 Å². The first-order valence-electron chi connectivity index (χ1n) is 5.89. The van der Waals surface area contributed by atoms with E-state index in [0.29, 0.717) is 17.6 Å². The number of hydrogen-bond donors (Lipinski definition) is 2. The van der Waals surface area contributed by atoms with Crippen LogP contribution in [0.5, 0.6) is 0 Å². The Kier molecular flexibility index (Phi) is 4.87. The van der Waals surface area contributed by atoms with Crippen molar-refractivity contribution in [3.05, 3.63) is 17.5 Å². The Hall–Kier alpha value is -1.65. The topological polar surface area (TPSA) is 75.1 Å². The van der Waals surface area contributed by atoms with Crippen molar-refractivity contribution in [3.8, 4) is 0 Å². The number of carboxylic acids is 1. The minimum absolute atomic E-state index is 0.151. The number of aryl methyl sites for hydroxylation is 1. The Morgan fingerprint density at radius 1 is 1.47 bits per heavy atom. The number of nitrogens with zero attached hydrogens (tertiary/aromatic N) is 2. The van der Waals surface area contributed by atoms with Gasteiger partial charge >= 0.3 is 5.97 Å². The second-order valence-corrected chi connectivity index (χ2v) is 4.06. The highest BCUT2D eigenvalue weighted by atomic mass is 16.4. The molecular formula is C12H19N3O2. The molecule has 0 amide bonds. The minimum atomic E-state index is -0.992. The fraction of sp³-hybridized carbons (Fsp3) is 0.583. The lowest BCUT2D eigenvalue weighted by Crippen LogP contribution is -2.15. The Balaban J connectivity index is 2.67. The van der Waals surface area contributed by atoms with Crippen LogP contribution in [0, 0.1) is 12.8 Å². The Morgan fingerprint density at radius 2 is 2.12 bits per heavy atom. The van der Waals surface area contributed by atoms with Crippen LogP contribution >= 0.6 is 0 Å². The molecule has 1 heterocycles. The molecule has 0 aliphatic rings. The first kappa shape index (κ1) is 13.4. The van der Waals surface area contributed by atoms with Gasteiger partial charge in [0.1, 0.15) is 0 Å². The van der Waals surface area contributed by atoms with Gasteiger partial charge in [-0.3, -0.25) is 0 Å². The predicted molar refractivity (Wildman–Crippen MR) is 66.3 cm³/mol. The molecule has 5 heteroatoms. The van der Waals surface area contributed by atoms with Crippen molar-refractivity contribution in [1.29, 1.82) is 0 Å². The van der Waals surface area contributed by atoms with Crippen LogP contribution in [0.2, 0.25) is 0 Å². The zero-order valence-electron chi connectivity index (χ0n) is 10.5. The summed E-state index contributed by atoms with van der Waals surface area (Å²) in [4.78, 5) is 18.9. The number of carbonyl (C=O) groups is 1. The standard InChI is InChI=1S/C12H19N3O2/c1-4-9(5-2)6-13-12-14-7-10(11(16)17)8(3)15-12/h7,9H,4-6H2,1-3H3,(H,16,17)(H,13,14,15). The molecule has 0 spiro atoms. The summed E-state index contributed by atoms with van der Waals surface area (Å²) in [6, 6.07) is 0. The monoisotopic (exact) mass is 237 g/mol. The zero-order chi connectivity index (χ0) is 12.8. The van der Waals surface area contributed by atoms with E-state index in [2.05, 4.69) is 29.1 Å². The summed E-state index contributed by atoms with van der Waals surface area (Å²) in [7, 11) is 0. The molecule has 94 valence electrons. The molecule has 0 bridgehead atoms. The van der Waals surface area contributed by atoms with Crippen molar-refractivity contribution in [2.75, 3.05) is 11.9 Å². The van der Waals surface area contributed by atoms with E-state index in [1.54, 1.807) is 6.92 Å². The van der Waals surface area contributed by atoms with Gasteiger partial charge in [-0.25, -0.2) is 14.8 Å². The van der Waals surface area contributed by atoms with E-state index in [1.807, 2.05) is 0 Å². The lowest BCUT2D eigenvalue weighted by atomic mass is 10.0. The van der Waals surface area contributed by atoms with Gasteiger partial charge in [-0.2, -0.15) is 0 Å². The maximum absolute atomic E-state index is 10.8. The van der Waals surface area contributed by atoms with Gasteiger partial charge < -0.3 is 10.4 Å². The van der Waals surface area contributed by atoms with E-state index in [-0.39, 0.29) is 5.56 Å². The molecule has 0 atom stereocenters. The first-order chi connectivity index (χ1) is 8.08. The van der Waals surface area contributed by atoms with Crippen molar-refractivity contribution in [3.63, 3.8) is 0 Å². The van der Waals surface area contributed by atoms with Crippen LogP contribution in [0.4, 0.5) is 5.95 Å². The van der Waals surface area contributed by atoms with Crippen LogP contribution in [-0.4, -0.2) is 27.6 Å². The second-order valence-electron chi connectivity index (χ2n) is 4.06. The summed E-state index contributed by atoms with van der Waals surface area (Å²) in [5.41, 5.74) is 0.637. The molecule has 5 nitrogen and oxygen atoms in total. The van der Waals surface area contributed by atoms with E-state index < -0.39 is 5.97 Å². The van der Waals surface area contributed by atoms with Gasteiger partial charge in [0.05, 0.1) is 11.3 Å². The van der Waals surface area contributed by atoms with Gasteiger partial charge in [-0.05, 0) is 12.8 Å². The van der Waals surface area contributed by atoms with Crippen LogP contribution < -0.4 is 5.32 Å². The molecule has 0 aromatic carbocycles. The van der Waals surface area contributed by atoms with Gasteiger partial charge in [0.2, 0.25) is 5.95 Å². The average molecular weight is 237 g/mol. The Bertz CT molecular complexity index is 389. The molecule has 0 saturated heterocycles. The Morgan fingerprint density at radius 3 is 2.59 bits per heavy atom. The van der Waals surface area contributed by atoms with Crippen LogP contribution in [0.15, 0.2) is 6.20 Å². The van der Waals surface area contributed by atoms with Gasteiger partial charge in [0, 0.05) is 12.7 Å². The molecule has 0 fully saturated rings. The summed E-state index contributed by atoms with van der Waals surface area (Å²) in [5, 5.41) is 12.0. The Labute approximate surface area is 101 Å². The number of hydrogen-bond acceptors (Lipinski definition) is 4. The lowest BCUT2D eigenvalue weighted by Gasteiger charge is -2.13. The molecule has 0 radical (unpaired) electrons. The molecular weight excluding hydrogens is 218 g/mol. The highest BCUT2D eigenvalue weighted by Crippen LogP contribution is 2.10. The fourth-order valence-corrected chi connectivity index (χ4v) is 1.58. The smallest absolute Gasteiger partial charge is 0.339 e. The summed E-state index contributed by atoms with van der Waals surface area (Å²) in [5.74, 6) is 0.103. The maximum atomic E-state index is 10.8. The molecule has 17 heavy (non-hydrogen) atoms. The number of aromatic carboxylic acids is 1. The molecule has 0 aliphatic heterocycles. The molecule has 2 N–H and O–H groups in total. The number of anilines is 1. The van der Waals surface area contributed by atoms with Gasteiger partial charge in [0.15, 0.2) is 0 Å². The molecule has 1 aromatic rings. The minimum Gasteiger partial charge on any atom is -0.478 e. The quantitative estimate of drug-likeness (QED) is 0.794. The van der Waals surface area contributed by atoms with Crippen LogP contribution in [0.3, 0.4) is 0 Å². The third-order valence-corrected chi connectivity index (χ3v) is 2.91. The van der Waals surface area contributed by atoms with E-state index in [1.165, 1.54) is 6.20 Å². The van der Waals surface area contributed by atoms with Crippen molar-refractivity contribution in [2.45, 2.75) is 33.6 Å². The normalized spacial score (nSPS) is 10.6. The third kappa shape index (κ3) is 3.69. The third-order valence-electron chi connectivity index (χ3n) is 2.91. The highest BCUT2D eigenvalue weighted by Gasteiger charge is 2.10. The highest BCUT2D eigenvalue weighted by molar-refractivity contribution is 5.88. The number of nitrogens with one attached hydrogen (secondary N) is 1.